The summed E-state index contributed by atoms with van der Waals surface area (Å²) in [5.74, 6) is 0.685. The quantitative estimate of drug-likeness (QED) is 0.848. The van der Waals surface area contributed by atoms with E-state index in [4.69, 9.17) is 0 Å². The molecule has 0 radical (unpaired) electrons. The molecule has 16 heavy (non-hydrogen) atoms. The lowest BCUT2D eigenvalue weighted by molar-refractivity contribution is 0.201. The van der Waals surface area contributed by atoms with Gasteiger partial charge in [0.1, 0.15) is 0 Å². The van der Waals surface area contributed by atoms with E-state index in [0.717, 1.165) is 5.69 Å². The fourth-order valence-electron chi connectivity index (χ4n) is 1.73. The summed E-state index contributed by atoms with van der Waals surface area (Å²) in [5.41, 5.74) is 0.738. The Morgan fingerprint density at radius 1 is 1.62 bits per heavy atom. The van der Waals surface area contributed by atoms with Gasteiger partial charge in [-0.2, -0.15) is 0 Å². The van der Waals surface area contributed by atoms with Crippen LogP contribution in [0.25, 0.3) is 0 Å². The Bertz CT molecular complexity index is 362. The summed E-state index contributed by atoms with van der Waals surface area (Å²) in [5, 5.41) is 2.83. The molecule has 0 aliphatic heterocycles. The lowest BCUT2D eigenvalue weighted by Gasteiger charge is -2.24. The summed E-state index contributed by atoms with van der Waals surface area (Å²) in [4.78, 5) is 17.6. The van der Waals surface area contributed by atoms with E-state index in [-0.39, 0.29) is 6.03 Å². The van der Waals surface area contributed by atoms with Gasteiger partial charge in [-0.05, 0) is 37.8 Å². The van der Waals surface area contributed by atoms with Crippen molar-refractivity contribution in [3.05, 3.63) is 24.5 Å². The highest BCUT2D eigenvalue weighted by atomic mass is 16.2. The Labute approximate surface area is 95.7 Å². The molecule has 0 spiro atoms. The van der Waals surface area contributed by atoms with Crippen molar-refractivity contribution in [3.8, 4) is 0 Å². The van der Waals surface area contributed by atoms with Gasteiger partial charge < -0.3 is 10.2 Å². The Hall–Kier alpha value is -1.58. The second-order valence-corrected chi connectivity index (χ2v) is 4.36. The number of hydrogen-bond acceptors (Lipinski definition) is 2. The number of hydrogen-bond donors (Lipinski definition) is 1. The second kappa shape index (κ2) is 4.51. The largest absolute Gasteiger partial charge is 0.325 e. The Kier molecular flexibility index (Phi) is 3.08. The number of rotatable bonds is 3. The van der Waals surface area contributed by atoms with E-state index in [0.29, 0.717) is 12.0 Å². The molecule has 86 valence electrons. The third-order valence-corrected chi connectivity index (χ3v) is 3.15. The number of carbonyl (C=O) groups is 1. The molecule has 1 unspecified atom stereocenters. The molecule has 1 aromatic heterocycles. The summed E-state index contributed by atoms with van der Waals surface area (Å²) in [6, 6.07) is 3.89. The highest BCUT2D eigenvalue weighted by molar-refractivity contribution is 5.89. The summed E-state index contributed by atoms with van der Waals surface area (Å²) < 4.78 is 0. The SMILES string of the molecule is CC(C1CC1)N(C)C(=O)Nc1cccnc1. The van der Waals surface area contributed by atoms with E-state index >= 15 is 0 Å². The van der Waals surface area contributed by atoms with Gasteiger partial charge in [-0.1, -0.05) is 0 Å². The average Bonchev–Trinajstić information content (AvgIpc) is 3.12. The number of nitrogens with zero attached hydrogens (tertiary/aromatic N) is 2. The van der Waals surface area contributed by atoms with Crippen LogP contribution in [0, 0.1) is 5.92 Å². The number of nitrogens with one attached hydrogen (secondary N) is 1. The van der Waals surface area contributed by atoms with Crippen molar-refractivity contribution in [2.75, 3.05) is 12.4 Å². The van der Waals surface area contributed by atoms with Gasteiger partial charge >= 0.3 is 6.03 Å². The smallest absolute Gasteiger partial charge is 0.321 e. The van der Waals surface area contributed by atoms with E-state index in [1.54, 1.807) is 23.4 Å². The molecule has 1 aliphatic rings. The lowest BCUT2D eigenvalue weighted by Crippen LogP contribution is -2.39. The van der Waals surface area contributed by atoms with E-state index in [1.807, 2.05) is 13.1 Å². The van der Waals surface area contributed by atoms with Crippen LogP contribution in [-0.4, -0.2) is 29.0 Å². The minimum atomic E-state index is -0.0626. The van der Waals surface area contributed by atoms with Crippen molar-refractivity contribution in [2.45, 2.75) is 25.8 Å². The molecule has 1 aliphatic carbocycles. The molecule has 1 fully saturated rings. The number of anilines is 1. The van der Waals surface area contributed by atoms with Gasteiger partial charge in [0.25, 0.3) is 0 Å². The first-order valence-corrected chi connectivity index (χ1v) is 5.62. The van der Waals surface area contributed by atoms with Gasteiger partial charge in [-0.25, -0.2) is 4.79 Å². The van der Waals surface area contributed by atoms with Crippen molar-refractivity contribution in [3.63, 3.8) is 0 Å². The van der Waals surface area contributed by atoms with Crippen LogP contribution in [0.2, 0.25) is 0 Å². The zero-order valence-electron chi connectivity index (χ0n) is 9.68. The predicted molar refractivity (Wildman–Crippen MR) is 63.2 cm³/mol. The molecule has 1 saturated carbocycles. The van der Waals surface area contributed by atoms with Crippen LogP contribution in [0.15, 0.2) is 24.5 Å². The molecule has 1 aromatic rings. The molecule has 0 aromatic carbocycles. The van der Waals surface area contributed by atoms with Crippen molar-refractivity contribution in [2.24, 2.45) is 5.92 Å². The fourth-order valence-corrected chi connectivity index (χ4v) is 1.73. The maximum Gasteiger partial charge on any atom is 0.321 e. The Morgan fingerprint density at radius 2 is 2.38 bits per heavy atom. The first-order chi connectivity index (χ1) is 7.68. The summed E-state index contributed by atoms with van der Waals surface area (Å²) in [7, 11) is 1.84. The van der Waals surface area contributed by atoms with Crippen LogP contribution in [0.4, 0.5) is 10.5 Å². The summed E-state index contributed by atoms with van der Waals surface area (Å²) in [6.45, 7) is 2.10. The Balaban J connectivity index is 1.92. The predicted octanol–water partition coefficient (Wildman–Crippen LogP) is 2.34. The van der Waals surface area contributed by atoms with Crippen LogP contribution in [0.5, 0.6) is 0 Å². The number of amides is 2. The van der Waals surface area contributed by atoms with Crippen LogP contribution in [0.3, 0.4) is 0 Å². The summed E-state index contributed by atoms with van der Waals surface area (Å²) >= 11 is 0. The normalized spacial score (nSPS) is 16.6. The second-order valence-electron chi connectivity index (χ2n) is 4.36. The molecule has 0 bridgehead atoms. The zero-order valence-corrected chi connectivity index (χ0v) is 9.68. The molecule has 1 N–H and O–H groups in total. The van der Waals surface area contributed by atoms with Gasteiger partial charge in [0, 0.05) is 19.3 Å². The van der Waals surface area contributed by atoms with Crippen LogP contribution < -0.4 is 5.32 Å². The van der Waals surface area contributed by atoms with Crippen molar-refractivity contribution in [1.29, 1.82) is 0 Å². The van der Waals surface area contributed by atoms with Gasteiger partial charge in [0.15, 0.2) is 0 Å². The van der Waals surface area contributed by atoms with E-state index in [2.05, 4.69) is 17.2 Å². The highest BCUT2D eigenvalue weighted by Crippen LogP contribution is 2.34. The zero-order chi connectivity index (χ0) is 11.5. The van der Waals surface area contributed by atoms with Gasteiger partial charge in [-0.15, -0.1) is 0 Å². The number of carbonyl (C=O) groups excluding carboxylic acids is 1. The minimum absolute atomic E-state index is 0.0626. The summed E-state index contributed by atoms with van der Waals surface area (Å²) in [6.07, 6.45) is 5.82. The molecule has 4 heteroatoms. The third-order valence-electron chi connectivity index (χ3n) is 3.15. The highest BCUT2D eigenvalue weighted by Gasteiger charge is 2.32. The molecule has 0 saturated heterocycles. The minimum Gasteiger partial charge on any atom is -0.325 e. The molecule has 2 amide bonds. The number of pyridine rings is 1. The van der Waals surface area contributed by atoms with Crippen LogP contribution in [-0.2, 0) is 0 Å². The molecule has 1 heterocycles. The molecular formula is C12H17N3O. The van der Waals surface area contributed by atoms with Crippen LogP contribution in [0.1, 0.15) is 19.8 Å². The molecular weight excluding hydrogens is 202 g/mol. The topological polar surface area (TPSA) is 45.2 Å². The van der Waals surface area contributed by atoms with Crippen LogP contribution >= 0.6 is 0 Å². The third kappa shape index (κ3) is 2.51. The fraction of sp³-hybridized carbons (Fsp3) is 0.500. The Morgan fingerprint density at radius 3 is 2.94 bits per heavy atom. The average molecular weight is 219 g/mol. The van der Waals surface area contributed by atoms with Crippen molar-refractivity contribution < 1.29 is 4.79 Å². The maximum atomic E-state index is 11.9. The van der Waals surface area contributed by atoms with Gasteiger partial charge in [0.05, 0.1) is 11.9 Å². The van der Waals surface area contributed by atoms with Crippen molar-refractivity contribution >= 4 is 11.7 Å². The van der Waals surface area contributed by atoms with E-state index in [9.17, 15) is 4.79 Å². The molecule has 4 nitrogen and oxygen atoms in total. The number of urea groups is 1. The number of aromatic nitrogens is 1. The van der Waals surface area contributed by atoms with Gasteiger partial charge in [0.2, 0.25) is 0 Å². The lowest BCUT2D eigenvalue weighted by atomic mass is 10.2. The first-order valence-electron chi connectivity index (χ1n) is 5.62. The van der Waals surface area contributed by atoms with Crippen molar-refractivity contribution in [1.82, 2.24) is 9.88 Å². The molecule has 1 atom stereocenters. The monoisotopic (exact) mass is 219 g/mol. The maximum absolute atomic E-state index is 11.9. The van der Waals surface area contributed by atoms with E-state index in [1.165, 1.54) is 12.8 Å². The van der Waals surface area contributed by atoms with Gasteiger partial charge in [-0.3, -0.25) is 4.98 Å². The molecule has 2 rings (SSSR count). The standard InChI is InChI=1S/C12H17N3O/c1-9(10-5-6-10)15(2)12(16)14-11-4-3-7-13-8-11/h3-4,7-10H,5-6H2,1-2H3,(H,14,16). The van der Waals surface area contributed by atoms with E-state index < -0.39 is 0 Å². The first kappa shape index (κ1) is 10.9.